The van der Waals surface area contributed by atoms with Crippen molar-refractivity contribution >= 4 is 28.4 Å². The zero-order valence-corrected chi connectivity index (χ0v) is 12.8. The number of H-pyrrole nitrogens is 1. The third-order valence-corrected chi connectivity index (χ3v) is 3.94. The van der Waals surface area contributed by atoms with Crippen LogP contribution >= 0.6 is 0 Å². The second-order valence-electron chi connectivity index (χ2n) is 5.85. The first-order valence-corrected chi connectivity index (χ1v) is 7.55. The lowest BCUT2D eigenvalue weighted by Gasteiger charge is -2.12. The predicted molar refractivity (Wildman–Crippen MR) is 87.9 cm³/mol. The Balaban J connectivity index is 1.61. The smallest absolute Gasteiger partial charge is 0.313 e. The largest absolute Gasteiger partial charge is 0.396 e. The molecule has 1 aliphatic carbocycles. The molecule has 4 N–H and O–H groups in total. The van der Waals surface area contributed by atoms with E-state index in [9.17, 15) is 9.59 Å². The third kappa shape index (κ3) is 3.43. The summed E-state index contributed by atoms with van der Waals surface area (Å²) >= 11 is 0. The van der Waals surface area contributed by atoms with Crippen LogP contribution in [0, 0.1) is 12.8 Å². The number of aliphatic hydroxyl groups excluding tert-OH is 1. The average molecular weight is 313 g/mol. The van der Waals surface area contributed by atoms with Crippen LogP contribution in [0.2, 0.25) is 0 Å². The van der Waals surface area contributed by atoms with Gasteiger partial charge >= 0.3 is 11.8 Å². The fourth-order valence-corrected chi connectivity index (χ4v) is 2.79. The lowest BCUT2D eigenvalue weighted by atomic mass is 10.1. The molecular formula is C17H19N3O3. The van der Waals surface area contributed by atoms with Gasteiger partial charge in [-0.1, -0.05) is 12.2 Å². The molecule has 0 saturated heterocycles. The van der Waals surface area contributed by atoms with E-state index in [4.69, 9.17) is 5.11 Å². The third-order valence-electron chi connectivity index (χ3n) is 3.94. The molecule has 0 radical (unpaired) electrons. The highest BCUT2D eigenvalue weighted by molar-refractivity contribution is 6.39. The Bertz CT molecular complexity index is 778. The first-order chi connectivity index (χ1) is 11.0. The van der Waals surface area contributed by atoms with Gasteiger partial charge in [0.1, 0.15) is 0 Å². The Morgan fingerprint density at radius 2 is 2.09 bits per heavy atom. The van der Waals surface area contributed by atoms with Crippen molar-refractivity contribution < 1.29 is 14.7 Å². The number of nitrogens with one attached hydrogen (secondary N) is 3. The molecule has 3 rings (SSSR count). The first-order valence-electron chi connectivity index (χ1n) is 7.55. The van der Waals surface area contributed by atoms with Crippen LogP contribution in [0.15, 0.2) is 36.4 Å². The van der Waals surface area contributed by atoms with E-state index in [2.05, 4.69) is 15.6 Å². The monoisotopic (exact) mass is 313 g/mol. The van der Waals surface area contributed by atoms with Crippen molar-refractivity contribution in [3.63, 3.8) is 0 Å². The molecule has 120 valence electrons. The van der Waals surface area contributed by atoms with Crippen molar-refractivity contribution in [2.24, 2.45) is 5.92 Å². The molecule has 1 heterocycles. The number of hydrogen-bond donors (Lipinski definition) is 4. The van der Waals surface area contributed by atoms with E-state index in [0.29, 0.717) is 12.1 Å². The van der Waals surface area contributed by atoms with E-state index in [1.54, 1.807) is 12.1 Å². The second kappa shape index (κ2) is 6.26. The normalized spacial score (nSPS) is 19.9. The summed E-state index contributed by atoms with van der Waals surface area (Å²) in [6.45, 7) is 2.01. The Kier molecular flexibility index (Phi) is 4.16. The van der Waals surface area contributed by atoms with E-state index in [0.717, 1.165) is 16.6 Å². The minimum Gasteiger partial charge on any atom is -0.396 e. The van der Waals surface area contributed by atoms with E-state index in [1.165, 1.54) is 0 Å². The number of carbonyl (C=O) groups is 2. The molecule has 0 fully saturated rings. The van der Waals surface area contributed by atoms with Gasteiger partial charge in [0.05, 0.1) is 0 Å². The quantitative estimate of drug-likeness (QED) is 0.510. The number of carbonyl (C=O) groups excluding carboxylic acids is 2. The van der Waals surface area contributed by atoms with Gasteiger partial charge in [0, 0.05) is 40.9 Å². The maximum atomic E-state index is 12.0. The fraction of sp³-hybridized carbons (Fsp3) is 0.294. The second-order valence-corrected chi connectivity index (χ2v) is 5.85. The average Bonchev–Trinajstić information content (AvgIpc) is 3.11. The van der Waals surface area contributed by atoms with Gasteiger partial charge in [-0.3, -0.25) is 9.59 Å². The van der Waals surface area contributed by atoms with Crippen LogP contribution in [0.5, 0.6) is 0 Å². The molecule has 6 nitrogen and oxygen atoms in total. The number of fused-ring (bicyclic) bond motifs is 1. The van der Waals surface area contributed by atoms with Gasteiger partial charge < -0.3 is 20.7 Å². The fourth-order valence-electron chi connectivity index (χ4n) is 2.79. The van der Waals surface area contributed by atoms with Crippen LogP contribution < -0.4 is 10.6 Å². The lowest BCUT2D eigenvalue weighted by Crippen LogP contribution is -2.40. The van der Waals surface area contributed by atoms with Gasteiger partial charge in [0.15, 0.2) is 0 Å². The number of rotatable bonds is 3. The molecule has 1 aromatic carbocycles. The number of aromatic nitrogens is 1. The molecule has 0 aliphatic heterocycles. The Morgan fingerprint density at radius 3 is 2.83 bits per heavy atom. The van der Waals surface area contributed by atoms with Crippen molar-refractivity contribution in [3.05, 3.63) is 42.1 Å². The van der Waals surface area contributed by atoms with Crippen molar-refractivity contribution in [2.75, 3.05) is 11.9 Å². The number of amides is 2. The summed E-state index contributed by atoms with van der Waals surface area (Å²) < 4.78 is 0. The molecule has 23 heavy (non-hydrogen) atoms. The van der Waals surface area contributed by atoms with Crippen molar-refractivity contribution in [2.45, 2.75) is 19.4 Å². The predicted octanol–water partition coefficient (Wildman–Crippen LogP) is 1.47. The van der Waals surface area contributed by atoms with E-state index >= 15 is 0 Å². The van der Waals surface area contributed by atoms with E-state index in [1.807, 2.05) is 31.2 Å². The summed E-state index contributed by atoms with van der Waals surface area (Å²) in [5.41, 5.74) is 2.59. The number of aromatic amines is 1. The molecule has 6 heteroatoms. The highest BCUT2D eigenvalue weighted by Gasteiger charge is 2.22. The van der Waals surface area contributed by atoms with Crippen LogP contribution in [-0.4, -0.2) is 34.6 Å². The summed E-state index contributed by atoms with van der Waals surface area (Å²) in [6, 6.07) is 7.20. The molecule has 0 bridgehead atoms. The van der Waals surface area contributed by atoms with Crippen LogP contribution in [0.25, 0.3) is 10.9 Å². The van der Waals surface area contributed by atoms with Crippen LogP contribution in [0.3, 0.4) is 0 Å². The van der Waals surface area contributed by atoms with Gasteiger partial charge in [-0.25, -0.2) is 0 Å². The number of anilines is 1. The lowest BCUT2D eigenvalue weighted by molar-refractivity contribution is -0.136. The molecule has 0 spiro atoms. The number of hydrogen-bond acceptors (Lipinski definition) is 3. The molecule has 1 aromatic heterocycles. The minimum absolute atomic E-state index is 0.0441. The zero-order chi connectivity index (χ0) is 16.4. The summed E-state index contributed by atoms with van der Waals surface area (Å²) in [4.78, 5) is 27.1. The number of aryl methyl sites for hydroxylation is 1. The maximum absolute atomic E-state index is 12.0. The first kappa shape index (κ1) is 15.3. The van der Waals surface area contributed by atoms with Crippen LogP contribution in [-0.2, 0) is 9.59 Å². The summed E-state index contributed by atoms with van der Waals surface area (Å²) in [5.74, 6) is -1.33. The van der Waals surface area contributed by atoms with Gasteiger partial charge in [0.2, 0.25) is 0 Å². The van der Waals surface area contributed by atoms with Gasteiger partial charge in [-0.2, -0.15) is 0 Å². The molecule has 0 unspecified atom stereocenters. The Labute approximate surface area is 133 Å². The van der Waals surface area contributed by atoms with Crippen LogP contribution in [0.1, 0.15) is 12.1 Å². The van der Waals surface area contributed by atoms with Gasteiger partial charge in [-0.15, -0.1) is 0 Å². The number of benzene rings is 1. The van der Waals surface area contributed by atoms with Gasteiger partial charge in [-0.05, 0) is 37.6 Å². The molecule has 2 atom stereocenters. The van der Waals surface area contributed by atoms with Crippen LogP contribution in [0.4, 0.5) is 5.69 Å². The maximum Gasteiger partial charge on any atom is 0.313 e. The Morgan fingerprint density at radius 1 is 1.26 bits per heavy atom. The topological polar surface area (TPSA) is 94.2 Å². The molecular weight excluding hydrogens is 294 g/mol. The van der Waals surface area contributed by atoms with E-state index in [-0.39, 0.29) is 18.6 Å². The molecule has 1 aliphatic rings. The molecule has 0 saturated carbocycles. The Hall–Kier alpha value is -2.60. The highest BCUT2D eigenvalue weighted by atomic mass is 16.3. The molecule has 2 aromatic rings. The minimum atomic E-state index is -0.697. The van der Waals surface area contributed by atoms with E-state index < -0.39 is 11.8 Å². The molecule has 2 amide bonds. The van der Waals surface area contributed by atoms with Crippen molar-refractivity contribution in [1.82, 2.24) is 10.3 Å². The summed E-state index contributed by atoms with van der Waals surface area (Å²) in [7, 11) is 0. The highest BCUT2D eigenvalue weighted by Crippen LogP contribution is 2.20. The van der Waals surface area contributed by atoms with Gasteiger partial charge in [0.25, 0.3) is 0 Å². The summed E-state index contributed by atoms with van der Waals surface area (Å²) in [5, 5.41) is 15.3. The van der Waals surface area contributed by atoms with Crippen molar-refractivity contribution in [1.29, 1.82) is 0 Å². The SMILES string of the molecule is Cc1cc2cc(NC(=O)C(=O)N[C@@H]3C=C[C@H](CO)C3)ccc2[nH]1. The standard InChI is InChI=1S/C17H19N3O3/c1-10-6-12-8-14(4-5-15(12)18-10)20-17(23)16(22)19-13-3-2-11(7-13)9-21/h2-6,8,11,13,18,21H,7,9H2,1H3,(H,19,22)(H,20,23)/t11-,13+/m0/s1. The zero-order valence-electron chi connectivity index (χ0n) is 12.8. The van der Waals surface area contributed by atoms with Crippen molar-refractivity contribution in [3.8, 4) is 0 Å². The number of aliphatic hydroxyl groups is 1. The summed E-state index contributed by atoms with van der Waals surface area (Å²) in [6.07, 6.45) is 4.27.